The predicted octanol–water partition coefficient (Wildman–Crippen LogP) is 4.91. The lowest BCUT2D eigenvalue weighted by Crippen LogP contribution is -2.13. The van der Waals surface area contributed by atoms with Crippen LogP contribution in [0.15, 0.2) is 36.4 Å². The summed E-state index contributed by atoms with van der Waals surface area (Å²) in [6.45, 7) is 5.83. The van der Waals surface area contributed by atoms with Gasteiger partial charge in [-0.25, -0.2) is 0 Å². The van der Waals surface area contributed by atoms with E-state index >= 15 is 0 Å². The number of benzene rings is 2. The largest absolute Gasteiger partial charge is 0.508 e. The van der Waals surface area contributed by atoms with E-state index < -0.39 is 0 Å². The Balaban J connectivity index is 2.33. The van der Waals surface area contributed by atoms with Crippen LogP contribution in [0.5, 0.6) is 11.5 Å². The molecule has 0 aliphatic heterocycles. The summed E-state index contributed by atoms with van der Waals surface area (Å²) in [5, 5.41) is 21.0. The smallest absolute Gasteiger partial charge is 0.120 e. The second-order valence-corrected chi connectivity index (χ2v) is 8.28. The molecule has 0 spiro atoms. The van der Waals surface area contributed by atoms with Gasteiger partial charge in [0.05, 0.1) is 0 Å². The first-order valence-corrected chi connectivity index (χ1v) is 10.2. The van der Waals surface area contributed by atoms with E-state index in [1.165, 1.54) is 0 Å². The minimum absolute atomic E-state index is 0.295. The molecule has 0 fully saturated rings. The Labute approximate surface area is 170 Å². The van der Waals surface area contributed by atoms with Gasteiger partial charge in [0.25, 0.3) is 0 Å². The van der Waals surface area contributed by atoms with E-state index in [0.29, 0.717) is 23.3 Å². The van der Waals surface area contributed by atoms with Crippen molar-refractivity contribution in [2.45, 2.75) is 51.6 Å². The fourth-order valence-corrected chi connectivity index (χ4v) is 4.08. The van der Waals surface area contributed by atoms with E-state index in [1.807, 2.05) is 52.5 Å². The molecule has 0 aliphatic rings. The third-order valence-corrected chi connectivity index (χ3v) is 5.41. The Morgan fingerprint density at radius 1 is 0.679 bits per heavy atom. The SMILES string of the molecule is CC[C@H](c1ccc(CN(C)C)c(O)c1)[C@@H](CC)c1ccc(CN(C)C)c(O)c1. The van der Waals surface area contributed by atoms with Crippen LogP contribution in [0.3, 0.4) is 0 Å². The average molecular weight is 385 g/mol. The highest BCUT2D eigenvalue weighted by atomic mass is 16.3. The molecule has 4 nitrogen and oxygen atoms in total. The number of hydrogen-bond acceptors (Lipinski definition) is 4. The van der Waals surface area contributed by atoms with Crippen LogP contribution in [-0.2, 0) is 13.1 Å². The lowest BCUT2D eigenvalue weighted by Gasteiger charge is -2.27. The Morgan fingerprint density at radius 3 is 1.29 bits per heavy atom. The fourth-order valence-electron chi connectivity index (χ4n) is 4.08. The molecule has 0 amide bonds. The molecule has 4 heteroatoms. The monoisotopic (exact) mass is 384 g/mol. The highest BCUT2D eigenvalue weighted by Crippen LogP contribution is 2.40. The van der Waals surface area contributed by atoms with Crippen LogP contribution in [-0.4, -0.2) is 48.2 Å². The predicted molar refractivity (Wildman–Crippen MR) is 117 cm³/mol. The first-order valence-electron chi connectivity index (χ1n) is 10.2. The molecule has 0 aliphatic carbocycles. The third kappa shape index (κ3) is 5.49. The van der Waals surface area contributed by atoms with Gasteiger partial charge in [-0.05, 0) is 76.1 Å². The van der Waals surface area contributed by atoms with Crippen molar-refractivity contribution in [1.29, 1.82) is 0 Å². The lowest BCUT2D eigenvalue weighted by molar-refractivity contribution is 0.384. The molecular weight excluding hydrogens is 348 g/mol. The summed E-state index contributed by atoms with van der Waals surface area (Å²) in [6.07, 6.45) is 1.95. The number of hydrogen-bond donors (Lipinski definition) is 2. The van der Waals surface area contributed by atoms with Gasteiger partial charge in [-0.3, -0.25) is 0 Å². The summed E-state index contributed by atoms with van der Waals surface area (Å²) in [7, 11) is 8.01. The standard InChI is InChI=1S/C24H36N2O2/c1-7-21(17-9-11-19(15-25(3)4)23(27)13-17)22(8-2)18-10-12-20(16-26(5)6)24(28)14-18/h9-14,21-22,27-28H,7-8,15-16H2,1-6H3/t21-,22+. The molecule has 2 aromatic carbocycles. The van der Waals surface area contributed by atoms with Crippen molar-refractivity contribution in [3.05, 3.63) is 58.7 Å². The van der Waals surface area contributed by atoms with E-state index in [2.05, 4.69) is 35.8 Å². The van der Waals surface area contributed by atoms with Gasteiger partial charge in [0.2, 0.25) is 0 Å². The molecule has 0 radical (unpaired) electrons. The number of phenolic OH excluding ortho intramolecular Hbond substituents is 2. The van der Waals surface area contributed by atoms with E-state index in [4.69, 9.17) is 0 Å². The van der Waals surface area contributed by atoms with Crippen LogP contribution in [0.1, 0.15) is 60.8 Å². The van der Waals surface area contributed by atoms with Gasteiger partial charge in [0.15, 0.2) is 0 Å². The lowest BCUT2D eigenvalue weighted by atomic mass is 9.78. The Bertz CT molecular complexity index is 706. The quantitative estimate of drug-likeness (QED) is 0.645. The number of nitrogens with zero attached hydrogens (tertiary/aromatic N) is 2. The summed E-state index contributed by atoms with van der Waals surface area (Å²) in [4.78, 5) is 4.11. The van der Waals surface area contributed by atoms with Gasteiger partial charge in [0.1, 0.15) is 11.5 Å². The first kappa shape index (κ1) is 22.3. The minimum Gasteiger partial charge on any atom is -0.508 e. The van der Waals surface area contributed by atoms with Gasteiger partial charge in [-0.1, -0.05) is 38.1 Å². The van der Waals surface area contributed by atoms with E-state index in [-0.39, 0.29) is 0 Å². The zero-order valence-electron chi connectivity index (χ0n) is 18.2. The summed E-state index contributed by atoms with van der Waals surface area (Å²) in [6, 6.07) is 12.2. The molecule has 0 bridgehead atoms. The van der Waals surface area contributed by atoms with E-state index in [9.17, 15) is 10.2 Å². The van der Waals surface area contributed by atoms with Crippen molar-refractivity contribution >= 4 is 0 Å². The van der Waals surface area contributed by atoms with Crippen LogP contribution in [0, 0.1) is 0 Å². The van der Waals surface area contributed by atoms with Crippen molar-refractivity contribution in [1.82, 2.24) is 9.80 Å². The minimum atomic E-state index is 0.295. The molecule has 28 heavy (non-hydrogen) atoms. The maximum Gasteiger partial charge on any atom is 0.120 e. The summed E-state index contributed by atoms with van der Waals surface area (Å²) < 4.78 is 0. The molecule has 0 saturated carbocycles. The van der Waals surface area contributed by atoms with Gasteiger partial charge >= 0.3 is 0 Å². The molecule has 0 heterocycles. The van der Waals surface area contributed by atoms with Crippen molar-refractivity contribution in [2.75, 3.05) is 28.2 Å². The maximum atomic E-state index is 10.5. The van der Waals surface area contributed by atoms with Gasteiger partial charge in [-0.2, -0.15) is 0 Å². The zero-order chi connectivity index (χ0) is 20.8. The zero-order valence-corrected chi connectivity index (χ0v) is 18.2. The van der Waals surface area contributed by atoms with Gasteiger partial charge in [0, 0.05) is 24.2 Å². The van der Waals surface area contributed by atoms with Crippen molar-refractivity contribution in [2.24, 2.45) is 0 Å². The van der Waals surface area contributed by atoms with Crippen LogP contribution in [0.25, 0.3) is 0 Å². The molecule has 2 N–H and O–H groups in total. The topological polar surface area (TPSA) is 46.9 Å². The second kappa shape index (κ2) is 9.94. The number of phenols is 2. The molecule has 2 atom stereocenters. The highest BCUT2D eigenvalue weighted by molar-refractivity contribution is 5.42. The fraction of sp³-hybridized carbons (Fsp3) is 0.500. The molecule has 0 saturated heterocycles. The Morgan fingerprint density at radius 2 is 1.04 bits per heavy atom. The molecule has 154 valence electrons. The summed E-state index contributed by atoms with van der Waals surface area (Å²) in [5.41, 5.74) is 4.21. The van der Waals surface area contributed by atoms with Gasteiger partial charge in [-0.15, -0.1) is 0 Å². The second-order valence-electron chi connectivity index (χ2n) is 8.28. The van der Waals surface area contributed by atoms with Crippen LogP contribution in [0.2, 0.25) is 0 Å². The van der Waals surface area contributed by atoms with Crippen molar-refractivity contribution in [3.8, 4) is 11.5 Å². The Hall–Kier alpha value is -2.04. The van der Waals surface area contributed by atoms with E-state index in [0.717, 1.165) is 48.2 Å². The summed E-state index contributed by atoms with van der Waals surface area (Å²) in [5.74, 6) is 1.32. The van der Waals surface area contributed by atoms with E-state index in [1.54, 1.807) is 0 Å². The van der Waals surface area contributed by atoms with Crippen LogP contribution in [0.4, 0.5) is 0 Å². The molecule has 2 aromatic rings. The normalized spacial score (nSPS) is 13.9. The molecule has 0 unspecified atom stereocenters. The highest BCUT2D eigenvalue weighted by Gasteiger charge is 2.23. The van der Waals surface area contributed by atoms with Crippen molar-refractivity contribution in [3.63, 3.8) is 0 Å². The Kier molecular flexibility index (Phi) is 7.90. The summed E-state index contributed by atoms with van der Waals surface area (Å²) >= 11 is 0. The van der Waals surface area contributed by atoms with Crippen LogP contribution < -0.4 is 0 Å². The molecule has 0 aromatic heterocycles. The third-order valence-electron chi connectivity index (χ3n) is 5.41. The van der Waals surface area contributed by atoms with Crippen LogP contribution >= 0.6 is 0 Å². The van der Waals surface area contributed by atoms with Gasteiger partial charge < -0.3 is 20.0 Å². The van der Waals surface area contributed by atoms with Crippen molar-refractivity contribution < 1.29 is 10.2 Å². The molecule has 2 rings (SSSR count). The first-order chi connectivity index (χ1) is 13.3. The number of rotatable bonds is 9. The number of aromatic hydroxyl groups is 2. The average Bonchev–Trinajstić information content (AvgIpc) is 2.62. The molecular formula is C24H36N2O2. The maximum absolute atomic E-state index is 10.5.